The number of carbonyl (C=O) groups excluding carboxylic acids is 1. The maximum Gasteiger partial charge on any atom is 0.229 e. The van der Waals surface area contributed by atoms with Gasteiger partial charge in [0.1, 0.15) is 11.6 Å². The summed E-state index contributed by atoms with van der Waals surface area (Å²) in [6.07, 6.45) is 9.48. The standard InChI is InChI=1S/C22H20N8O/c1-24-9-13-6-15(13)22(31)29-20-8-12-7-19(28-21(23)16(12)11-26-20)17-10-25-4-2-14(17)18-3-5-27-30-18/h2-5,7-11,13,15H,6H2,1H3,(H2,23,28)(H,27,30)(H,26,29,31)/b24-9-/t13-,15+/m1/s1. The third-order valence-electron chi connectivity index (χ3n) is 5.39. The van der Waals surface area contributed by atoms with Gasteiger partial charge in [-0.05, 0) is 36.1 Å². The Kier molecular flexibility index (Phi) is 4.62. The molecule has 0 radical (unpaired) electrons. The van der Waals surface area contributed by atoms with Crippen LogP contribution in [0, 0.1) is 11.8 Å². The lowest BCUT2D eigenvalue weighted by atomic mass is 10.0. The third-order valence-corrected chi connectivity index (χ3v) is 5.39. The Hall–Kier alpha value is -4.14. The number of nitrogens with one attached hydrogen (secondary N) is 2. The number of rotatable bonds is 5. The summed E-state index contributed by atoms with van der Waals surface area (Å²) < 4.78 is 0. The zero-order chi connectivity index (χ0) is 21.4. The molecule has 0 saturated heterocycles. The lowest BCUT2D eigenvalue weighted by Crippen LogP contribution is -2.16. The lowest BCUT2D eigenvalue weighted by Gasteiger charge is -2.11. The van der Waals surface area contributed by atoms with Gasteiger partial charge in [-0.25, -0.2) is 9.97 Å². The molecule has 0 spiro atoms. The van der Waals surface area contributed by atoms with Crippen LogP contribution in [0.3, 0.4) is 0 Å². The molecule has 1 saturated carbocycles. The summed E-state index contributed by atoms with van der Waals surface area (Å²) in [6, 6.07) is 7.50. The fraction of sp³-hybridized carbons (Fsp3) is 0.182. The first-order valence-corrected chi connectivity index (χ1v) is 9.88. The molecular weight excluding hydrogens is 392 g/mol. The normalized spacial score (nSPS) is 17.8. The number of anilines is 2. The fourth-order valence-electron chi connectivity index (χ4n) is 3.70. The summed E-state index contributed by atoms with van der Waals surface area (Å²) in [4.78, 5) is 29.6. The zero-order valence-electron chi connectivity index (χ0n) is 16.8. The monoisotopic (exact) mass is 412 g/mol. The van der Waals surface area contributed by atoms with Gasteiger partial charge in [-0.2, -0.15) is 5.10 Å². The molecule has 0 unspecified atom stereocenters. The van der Waals surface area contributed by atoms with E-state index in [-0.39, 0.29) is 17.7 Å². The third kappa shape index (κ3) is 3.61. The second kappa shape index (κ2) is 7.60. The topological polar surface area (TPSA) is 135 Å². The van der Waals surface area contributed by atoms with Crippen LogP contribution in [0.4, 0.5) is 11.6 Å². The SMILES string of the molecule is C/N=C\[C@H]1C[C@@H]1C(=O)Nc1cc2cc(-c3cnccc3-c3cc[nH]n3)nc(N)c2cn1. The van der Waals surface area contributed by atoms with E-state index in [0.29, 0.717) is 17.3 Å². The van der Waals surface area contributed by atoms with E-state index in [2.05, 4.69) is 35.5 Å². The van der Waals surface area contributed by atoms with E-state index >= 15 is 0 Å². The molecule has 4 heterocycles. The van der Waals surface area contributed by atoms with Gasteiger partial charge < -0.3 is 16.0 Å². The van der Waals surface area contributed by atoms with E-state index in [1.807, 2.05) is 30.5 Å². The molecule has 2 atom stereocenters. The highest BCUT2D eigenvalue weighted by Crippen LogP contribution is 2.38. The first-order chi connectivity index (χ1) is 15.1. The van der Waals surface area contributed by atoms with Crippen LogP contribution in [0.15, 0.2) is 54.0 Å². The van der Waals surface area contributed by atoms with Crippen molar-refractivity contribution in [1.82, 2.24) is 25.1 Å². The molecule has 154 valence electrons. The van der Waals surface area contributed by atoms with Crippen LogP contribution in [-0.2, 0) is 4.79 Å². The zero-order valence-corrected chi connectivity index (χ0v) is 16.8. The van der Waals surface area contributed by atoms with Gasteiger partial charge in [0, 0.05) is 66.4 Å². The largest absolute Gasteiger partial charge is 0.383 e. The van der Waals surface area contributed by atoms with Crippen LogP contribution >= 0.6 is 0 Å². The number of aromatic nitrogens is 5. The molecule has 0 aromatic carbocycles. The van der Waals surface area contributed by atoms with Crippen LogP contribution in [0.25, 0.3) is 33.3 Å². The lowest BCUT2D eigenvalue weighted by molar-refractivity contribution is -0.117. The van der Waals surface area contributed by atoms with Crippen LogP contribution < -0.4 is 11.1 Å². The molecule has 5 rings (SSSR count). The number of hydrogen-bond donors (Lipinski definition) is 3. The van der Waals surface area contributed by atoms with E-state index in [1.165, 1.54) is 0 Å². The van der Waals surface area contributed by atoms with Gasteiger partial charge in [-0.3, -0.25) is 14.9 Å². The summed E-state index contributed by atoms with van der Waals surface area (Å²) in [5, 5.41) is 11.5. The highest BCUT2D eigenvalue weighted by Gasteiger charge is 2.41. The molecule has 0 aliphatic heterocycles. The number of amides is 1. The number of pyridine rings is 3. The van der Waals surface area contributed by atoms with Gasteiger partial charge in [0.15, 0.2) is 0 Å². The summed E-state index contributed by atoms with van der Waals surface area (Å²) in [5.41, 5.74) is 9.39. The Bertz CT molecular complexity index is 1300. The maximum absolute atomic E-state index is 12.5. The van der Waals surface area contributed by atoms with Crippen LogP contribution in [0.5, 0.6) is 0 Å². The quantitative estimate of drug-likeness (QED) is 0.431. The second-order valence-electron chi connectivity index (χ2n) is 7.47. The fourth-order valence-corrected chi connectivity index (χ4v) is 3.70. The summed E-state index contributed by atoms with van der Waals surface area (Å²) >= 11 is 0. The summed E-state index contributed by atoms with van der Waals surface area (Å²) in [6.45, 7) is 0. The highest BCUT2D eigenvalue weighted by atomic mass is 16.2. The number of carbonyl (C=O) groups is 1. The van der Waals surface area contributed by atoms with E-state index in [0.717, 1.165) is 34.0 Å². The average molecular weight is 412 g/mol. The molecule has 0 bridgehead atoms. The molecular formula is C22H20N8O. The Balaban J connectivity index is 1.50. The van der Waals surface area contributed by atoms with Crippen molar-refractivity contribution in [3.05, 3.63) is 49.1 Å². The van der Waals surface area contributed by atoms with Gasteiger partial charge in [-0.15, -0.1) is 0 Å². The number of nitrogens with two attached hydrogens (primary N) is 1. The van der Waals surface area contributed by atoms with Crippen molar-refractivity contribution in [2.75, 3.05) is 18.1 Å². The summed E-state index contributed by atoms with van der Waals surface area (Å²) in [5.74, 6) is 0.948. The van der Waals surface area contributed by atoms with Crippen LogP contribution in [-0.4, -0.2) is 44.3 Å². The van der Waals surface area contributed by atoms with Crippen LogP contribution in [0.1, 0.15) is 6.42 Å². The van der Waals surface area contributed by atoms with Gasteiger partial charge in [0.25, 0.3) is 0 Å². The maximum atomic E-state index is 12.5. The highest BCUT2D eigenvalue weighted by molar-refractivity contribution is 6.00. The van der Waals surface area contributed by atoms with E-state index in [4.69, 9.17) is 5.73 Å². The Morgan fingerprint density at radius 3 is 2.97 bits per heavy atom. The number of hydrogen-bond acceptors (Lipinski definition) is 7. The first kappa shape index (κ1) is 18.9. The Morgan fingerprint density at radius 2 is 2.16 bits per heavy atom. The van der Waals surface area contributed by atoms with Gasteiger partial charge in [0.05, 0.1) is 11.4 Å². The van der Waals surface area contributed by atoms with Gasteiger partial charge in [-0.1, -0.05) is 0 Å². The van der Waals surface area contributed by atoms with Gasteiger partial charge in [0.2, 0.25) is 5.91 Å². The van der Waals surface area contributed by atoms with Gasteiger partial charge >= 0.3 is 0 Å². The molecule has 1 fully saturated rings. The van der Waals surface area contributed by atoms with E-state index in [1.54, 1.807) is 31.8 Å². The molecule has 1 aliphatic carbocycles. The predicted molar refractivity (Wildman–Crippen MR) is 119 cm³/mol. The first-order valence-electron chi connectivity index (χ1n) is 9.88. The number of nitrogen functional groups attached to an aromatic ring is 1. The van der Waals surface area contributed by atoms with Crippen molar-refractivity contribution in [1.29, 1.82) is 0 Å². The minimum atomic E-state index is -0.0499. The van der Waals surface area contributed by atoms with E-state index < -0.39 is 0 Å². The van der Waals surface area contributed by atoms with Crippen molar-refractivity contribution in [2.45, 2.75) is 6.42 Å². The smallest absolute Gasteiger partial charge is 0.229 e. The Labute approximate surface area is 177 Å². The second-order valence-corrected chi connectivity index (χ2v) is 7.47. The minimum Gasteiger partial charge on any atom is -0.383 e. The number of fused-ring (bicyclic) bond motifs is 1. The van der Waals surface area contributed by atoms with E-state index in [9.17, 15) is 4.79 Å². The van der Waals surface area contributed by atoms with Crippen molar-refractivity contribution < 1.29 is 4.79 Å². The van der Waals surface area contributed by atoms with Crippen molar-refractivity contribution in [2.24, 2.45) is 16.8 Å². The summed E-state index contributed by atoms with van der Waals surface area (Å²) in [7, 11) is 1.72. The number of nitrogens with zero attached hydrogens (tertiary/aromatic N) is 5. The van der Waals surface area contributed by atoms with Crippen molar-refractivity contribution in [3.8, 4) is 22.5 Å². The molecule has 9 nitrogen and oxygen atoms in total. The molecule has 4 N–H and O–H groups in total. The average Bonchev–Trinajstić information content (AvgIpc) is 3.33. The molecule has 9 heteroatoms. The van der Waals surface area contributed by atoms with Crippen LogP contribution in [0.2, 0.25) is 0 Å². The minimum absolute atomic E-state index is 0.0490. The molecule has 31 heavy (non-hydrogen) atoms. The van der Waals surface area contributed by atoms with Crippen molar-refractivity contribution in [3.63, 3.8) is 0 Å². The molecule has 4 aromatic rings. The number of aromatic amines is 1. The predicted octanol–water partition coefficient (Wildman–Crippen LogP) is 2.94. The van der Waals surface area contributed by atoms with Crippen molar-refractivity contribution >= 4 is 34.5 Å². The molecule has 4 aromatic heterocycles. The Morgan fingerprint density at radius 1 is 1.26 bits per heavy atom. The number of aliphatic imine (C=N–C) groups is 1. The molecule has 1 amide bonds. The molecule has 1 aliphatic rings. The number of H-pyrrole nitrogens is 1.